The fourth-order valence-corrected chi connectivity index (χ4v) is 2.39. The maximum Gasteiger partial charge on any atom is 0.323 e. The van der Waals surface area contributed by atoms with Crippen LogP contribution < -0.4 is 5.32 Å². The molecule has 1 heterocycles. The third-order valence-electron chi connectivity index (χ3n) is 2.65. The molecule has 0 fully saturated rings. The summed E-state index contributed by atoms with van der Waals surface area (Å²) in [5.41, 5.74) is 2.44. The lowest BCUT2D eigenvalue weighted by molar-refractivity contribution is -0.143. The van der Waals surface area contributed by atoms with Crippen LogP contribution in [0.2, 0.25) is 0 Å². The van der Waals surface area contributed by atoms with E-state index in [0.29, 0.717) is 13.0 Å². The maximum atomic E-state index is 11.4. The number of methoxy groups -OCH3 is 1. The second-order valence-electron chi connectivity index (χ2n) is 3.54. The summed E-state index contributed by atoms with van der Waals surface area (Å²) in [6.07, 6.45) is 0.684. The topological polar surface area (TPSA) is 38.3 Å². The third-order valence-corrected chi connectivity index (χ3v) is 3.39. The van der Waals surface area contributed by atoms with E-state index in [1.807, 2.05) is 12.1 Å². The summed E-state index contributed by atoms with van der Waals surface area (Å²) in [5, 5.41) is 3.16. The minimum atomic E-state index is -0.221. The molecule has 80 valence electrons. The van der Waals surface area contributed by atoms with Gasteiger partial charge in [-0.15, -0.1) is 0 Å². The van der Waals surface area contributed by atoms with Crippen LogP contribution >= 0.6 is 15.9 Å². The summed E-state index contributed by atoms with van der Waals surface area (Å²) in [4.78, 5) is 11.4. The minimum absolute atomic E-state index is 0.198. The van der Waals surface area contributed by atoms with E-state index in [4.69, 9.17) is 4.74 Å². The van der Waals surface area contributed by atoms with Crippen molar-refractivity contribution in [3.63, 3.8) is 0 Å². The van der Waals surface area contributed by atoms with Crippen molar-refractivity contribution >= 4 is 21.9 Å². The summed E-state index contributed by atoms with van der Waals surface area (Å²) < 4.78 is 5.79. The van der Waals surface area contributed by atoms with E-state index in [1.54, 1.807) is 0 Å². The molecule has 4 heteroatoms. The molecule has 0 bridgehead atoms. The van der Waals surface area contributed by atoms with Crippen molar-refractivity contribution in [1.82, 2.24) is 5.32 Å². The van der Waals surface area contributed by atoms with Crippen molar-refractivity contribution in [2.75, 3.05) is 7.11 Å². The molecule has 0 aliphatic carbocycles. The molecule has 0 amide bonds. The van der Waals surface area contributed by atoms with Crippen LogP contribution in [0.25, 0.3) is 0 Å². The van der Waals surface area contributed by atoms with Crippen molar-refractivity contribution < 1.29 is 9.53 Å². The van der Waals surface area contributed by atoms with E-state index in [0.717, 1.165) is 4.47 Å². The number of ether oxygens (including phenoxy) is 1. The van der Waals surface area contributed by atoms with Gasteiger partial charge in [-0.05, 0) is 23.6 Å². The lowest BCUT2D eigenvalue weighted by Crippen LogP contribution is -2.42. The van der Waals surface area contributed by atoms with Crippen LogP contribution in [-0.2, 0) is 22.5 Å². The predicted molar refractivity (Wildman–Crippen MR) is 60.5 cm³/mol. The number of carbonyl (C=O) groups excluding carboxylic acids is 1. The van der Waals surface area contributed by atoms with Crippen molar-refractivity contribution in [2.24, 2.45) is 0 Å². The molecule has 3 nitrogen and oxygen atoms in total. The molecule has 0 spiro atoms. The van der Waals surface area contributed by atoms with Crippen LogP contribution in [0.15, 0.2) is 22.7 Å². The Kier molecular flexibility index (Phi) is 3.07. The molecule has 1 N–H and O–H groups in total. The van der Waals surface area contributed by atoms with Gasteiger partial charge in [0.15, 0.2) is 0 Å². The first-order chi connectivity index (χ1) is 7.22. The van der Waals surface area contributed by atoms with Crippen molar-refractivity contribution in [3.8, 4) is 0 Å². The Bertz CT molecular complexity index is 392. The second kappa shape index (κ2) is 4.33. The zero-order valence-corrected chi connectivity index (χ0v) is 10.0. The van der Waals surface area contributed by atoms with Gasteiger partial charge in [-0.1, -0.05) is 28.1 Å². The molecular weight excluding hydrogens is 258 g/mol. The quantitative estimate of drug-likeness (QED) is 0.788. The largest absolute Gasteiger partial charge is 0.468 e. The number of benzene rings is 1. The average molecular weight is 270 g/mol. The molecule has 1 aromatic carbocycles. The summed E-state index contributed by atoms with van der Waals surface area (Å²) >= 11 is 3.50. The highest BCUT2D eigenvalue weighted by atomic mass is 79.9. The lowest BCUT2D eigenvalue weighted by atomic mass is 9.96. The first-order valence-electron chi connectivity index (χ1n) is 4.80. The van der Waals surface area contributed by atoms with E-state index in [-0.39, 0.29) is 12.0 Å². The van der Waals surface area contributed by atoms with Gasteiger partial charge in [-0.25, -0.2) is 0 Å². The van der Waals surface area contributed by atoms with Gasteiger partial charge in [0.2, 0.25) is 0 Å². The Morgan fingerprint density at radius 2 is 2.40 bits per heavy atom. The second-order valence-corrected chi connectivity index (χ2v) is 4.39. The normalized spacial score (nSPS) is 19.5. The Morgan fingerprint density at radius 3 is 3.13 bits per heavy atom. The minimum Gasteiger partial charge on any atom is -0.468 e. The molecular formula is C11H12BrNO2. The predicted octanol–water partition coefficient (Wildman–Crippen LogP) is 1.64. The smallest absolute Gasteiger partial charge is 0.323 e. The van der Waals surface area contributed by atoms with Crippen LogP contribution in [0.5, 0.6) is 0 Å². The summed E-state index contributed by atoms with van der Waals surface area (Å²) in [7, 11) is 1.42. The Labute approximate surface area is 96.9 Å². The highest BCUT2D eigenvalue weighted by Gasteiger charge is 2.25. The number of hydrogen-bond acceptors (Lipinski definition) is 3. The Hall–Kier alpha value is -0.870. The molecule has 15 heavy (non-hydrogen) atoms. The number of esters is 1. The van der Waals surface area contributed by atoms with Gasteiger partial charge in [-0.3, -0.25) is 4.79 Å². The van der Waals surface area contributed by atoms with Crippen molar-refractivity contribution in [1.29, 1.82) is 0 Å². The number of carbonyl (C=O) groups is 1. The van der Waals surface area contributed by atoms with Crippen LogP contribution in [0.4, 0.5) is 0 Å². The van der Waals surface area contributed by atoms with E-state index >= 15 is 0 Å². The van der Waals surface area contributed by atoms with Gasteiger partial charge < -0.3 is 10.1 Å². The number of hydrogen-bond donors (Lipinski definition) is 1. The van der Waals surface area contributed by atoms with Gasteiger partial charge in [0, 0.05) is 11.0 Å². The number of halogens is 1. The zero-order chi connectivity index (χ0) is 10.8. The fourth-order valence-electron chi connectivity index (χ4n) is 1.82. The molecule has 1 aliphatic heterocycles. The molecule has 0 saturated carbocycles. The monoisotopic (exact) mass is 269 g/mol. The highest BCUT2D eigenvalue weighted by Crippen LogP contribution is 2.25. The Morgan fingerprint density at radius 1 is 1.60 bits per heavy atom. The van der Waals surface area contributed by atoms with E-state index < -0.39 is 0 Å². The first kappa shape index (κ1) is 10.6. The van der Waals surface area contributed by atoms with Crippen LogP contribution in [0, 0.1) is 0 Å². The zero-order valence-electron chi connectivity index (χ0n) is 8.42. The van der Waals surface area contributed by atoms with Gasteiger partial charge in [0.25, 0.3) is 0 Å². The van der Waals surface area contributed by atoms with E-state index in [1.165, 1.54) is 18.2 Å². The highest BCUT2D eigenvalue weighted by molar-refractivity contribution is 9.10. The lowest BCUT2D eigenvalue weighted by Gasteiger charge is -2.24. The first-order valence-corrected chi connectivity index (χ1v) is 5.59. The average Bonchev–Trinajstić information content (AvgIpc) is 2.28. The number of nitrogens with one attached hydrogen (secondary N) is 1. The van der Waals surface area contributed by atoms with Gasteiger partial charge in [0.1, 0.15) is 6.04 Å². The summed E-state index contributed by atoms with van der Waals surface area (Å²) in [6.45, 7) is 0.717. The van der Waals surface area contributed by atoms with Crippen molar-refractivity contribution in [2.45, 2.75) is 19.0 Å². The molecule has 1 atom stereocenters. The van der Waals surface area contributed by atoms with Gasteiger partial charge >= 0.3 is 5.97 Å². The molecule has 1 aromatic rings. The van der Waals surface area contributed by atoms with Crippen molar-refractivity contribution in [3.05, 3.63) is 33.8 Å². The molecule has 0 aromatic heterocycles. The van der Waals surface area contributed by atoms with Crippen LogP contribution in [0.3, 0.4) is 0 Å². The van der Waals surface area contributed by atoms with Crippen LogP contribution in [0.1, 0.15) is 11.1 Å². The third kappa shape index (κ3) is 2.06. The van der Waals surface area contributed by atoms with E-state index in [9.17, 15) is 4.79 Å². The molecule has 2 rings (SSSR count). The molecule has 0 unspecified atom stereocenters. The summed E-state index contributed by atoms with van der Waals surface area (Å²) in [5.74, 6) is -0.198. The van der Waals surface area contributed by atoms with Gasteiger partial charge in [-0.2, -0.15) is 0 Å². The fraction of sp³-hybridized carbons (Fsp3) is 0.364. The van der Waals surface area contributed by atoms with Gasteiger partial charge in [0.05, 0.1) is 7.11 Å². The molecule has 0 saturated heterocycles. The SMILES string of the molecule is COC(=O)[C@H]1Cc2c(Br)cccc2CN1. The Balaban J connectivity index is 2.26. The number of fused-ring (bicyclic) bond motifs is 1. The maximum absolute atomic E-state index is 11.4. The standard InChI is InChI=1S/C11H12BrNO2/c1-15-11(14)10-5-8-7(6-13-10)3-2-4-9(8)12/h2-4,10,13H,5-6H2,1H3/t10-/m1/s1. The van der Waals surface area contributed by atoms with E-state index in [2.05, 4.69) is 27.3 Å². The molecule has 1 aliphatic rings. The molecule has 0 radical (unpaired) electrons. The number of rotatable bonds is 1. The summed E-state index contributed by atoms with van der Waals surface area (Å²) in [6, 6.07) is 5.85. The van der Waals surface area contributed by atoms with Crippen LogP contribution in [-0.4, -0.2) is 19.1 Å².